The topological polar surface area (TPSA) is 79.7 Å². The maximum atomic E-state index is 12.7. The number of hydrogen-bond donors (Lipinski definition) is 1. The van der Waals surface area contributed by atoms with E-state index in [2.05, 4.69) is 16.5 Å². The predicted molar refractivity (Wildman–Crippen MR) is 123 cm³/mol. The molecule has 0 bridgehead atoms. The lowest BCUT2D eigenvalue weighted by atomic mass is 10.0. The molecule has 8 heteroatoms. The van der Waals surface area contributed by atoms with E-state index in [0.717, 1.165) is 34.7 Å². The molecule has 8 nitrogen and oxygen atoms in total. The van der Waals surface area contributed by atoms with Crippen LogP contribution in [0.1, 0.15) is 49.6 Å². The van der Waals surface area contributed by atoms with Crippen LogP contribution in [0.5, 0.6) is 5.75 Å². The molecule has 2 heterocycles. The molecular formula is C24H35N5O3. The number of aryl methyl sites for hydroxylation is 3. The van der Waals surface area contributed by atoms with Gasteiger partial charge in [0.15, 0.2) is 0 Å². The molecule has 0 aliphatic carbocycles. The summed E-state index contributed by atoms with van der Waals surface area (Å²) in [4.78, 5) is 28.7. The quantitative estimate of drug-likeness (QED) is 0.716. The number of carbonyl (C=O) groups is 2. The third-order valence-corrected chi connectivity index (χ3v) is 5.64. The largest absolute Gasteiger partial charge is 0.491 e. The number of urea groups is 1. The third kappa shape index (κ3) is 6.02. The van der Waals surface area contributed by atoms with Gasteiger partial charge < -0.3 is 19.9 Å². The van der Waals surface area contributed by atoms with Crippen molar-refractivity contribution in [3.05, 3.63) is 46.8 Å². The molecule has 0 atom stereocenters. The first kappa shape index (κ1) is 23.6. The fourth-order valence-corrected chi connectivity index (χ4v) is 3.78. The summed E-state index contributed by atoms with van der Waals surface area (Å²) in [6.45, 7) is 10.8. The molecule has 1 aliphatic heterocycles. The highest BCUT2D eigenvalue weighted by Crippen LogP contribution is 2.25. The molecule has 174 valence electrons. The van der Waals surface area contributed by atoms with Crippen LogP contribution < -0.4 is 10.1 Å². The molecular weight excluding hydrogens is 406 g/mol. The first-order valence-corrected chi connectivity index (χ1v) is 11.3. The van der Waals surface area contributed by atoms with E-state index in [-0.39, 0.29) is 18.0 Å². The number of carbonyl (C=O) groups excluding carboxylic acids is 2. The van der Waals surface area contributed by atoms with Gasteiger partial charge in [-0.2, -0.15) is 5.10 Å². The SMILES string of the molecule is CCn1cc(CN(C)C(=O)CCc2ccc3c(c2)CN(C(=O)NC(C)C)CCO3)c(C)n1. The Morgan fingerprint density at radius 3 is 2.78 bits per heavy atom. The number of fused-ring (bicyclic) bond motifs is 1. The van der Waals surface area contributed by atoms with Gasteiger partial charge in [-0.05, 0) is 45.7 Å². The molecule has 2 aromatic rings. The van der Waals surface area contributed by atoms with Crippen LogP contribution in [0.15, 0.2) is 24.4 Å². The summed E-state index contributed by atoms with van der Waals surface area (Å²) in [7, 11) is 1.83. The molecule has 3 rings (SSSR count). The van der Waals surface area contributed by atoms with Crippen LogP contribution in [0.2, 0.25) is 0 Å². The Bertz CT molecular complexity index is 953. The summed E-state index contributed by atoms with van der Waals surface area (Å²) >= 11 is 0. The van der Waals surface area contributed by atoms with Gasteiger partial charge in [0.1, 0.15) is 12.4 Å². The summed E-state index contributed by atoms with van der Waals surface area (Å²) in [6, 6.07) is 6.01. The maximum absolute atomic E-state index is 12.7. The highest BCUT2D eigenvalue weighted by atomic mass is 16.5. The number of aromatic nitrogens is 2. The Morgan fingerprint density at radius 1 is 1.31 bits per heavy atom. The molecule has 3 amide bonds. The lowest BCUT2D eigenvalue weighted by molar-refractivity contribution is -0.130. The Morgan fingerprint density at radius 2 is 2.09 bits per heavy atom. The van der Waals surface area contributed by atoms with Gasteiger partial charge in [-0.1, -0.05) is 12.1 Å². The molecule has 1 N–H and O–H groups in total. The average Bonchev–Trinajstić information content (AvgIpc) is 2.97. The van der Waals surface area contributed by atoms with E-state index in [9.17, 15) is 9.59 Å². The van der Waals surface area contributed by atoms with Crippen LogP contribution in [-0.2, 0) is 30.8 Å². The van der Waals surface area contributed by atoms with Gasteiger partial charge in [-0.25, -0.2) is 4.79 Å². The summed E-state index contributed by atoms with van der Waals surface area (Å²) in [6.07, 6.45) is 3.07. The second kappa shape index (κ2) is 10.5. The van der Waals surface area contributed by atoms with Crippen molar-refractivity contribution >= 4 is 11.9 Å². The predicted octanol–water partition coefficient (Wildman–Crippen LogP) is 3.12. The Labute approximate surface area is 190 Å². The normalized spacial score (nSPS) is 13.4. The van der Waals surface area contributed by atoms with E-state index in [1.807, 2.05) is 57.8 Å². The van der Waals surface area contributed by atoms with Crippen molar-refractivity contribution in [3.8, 4) is 5.75 Å². The average molecular weight is 442 g/mol. The summed E-state index contributed by atoms with van der Waals surface area (Å²) < 4.78 is 7.73. The Balaban J connectivity index is 1.59. The van der Waals surface area contributed by atoms with Gasteiger partial charge in [0.05, 0.1) is 18.8 Å². The molecule has 0 fully saturated rings. The number of rotatable bonds is 7. The molecule has 1 aromatic heterocycles. The lowest BCUT2D eigenvalue weighted by Crippen LogP contribution is -2.43. The van der Waals surface area contributed by atoms with Crippen LogP contribution >= 0.6 is 0 Å². The monoisotopic (exact) mass is 441 g/mol. The Kier molecular flexibility index (Phi) is 7.77. The van der Waals surface area contributed by atoms with E-state index < -0.39 is 0 Å². The number of amides is 3. The first-order chi connectivity index (χ1) is 15.3. The standard InChI is InChI=1S/C24H35N5O3/c1-6-29-16-21(18(4)26-29)14-27(5)23(30)10-8-19-7-9-22-20(13-19)15-28(11-12-32-22)24(31)25-17(2)3/h7,9,13,16-17H,6,8,10-12,14-15H2,1-5H3,(H,25,31). The van der Waals surface area contributed by atoms with Gasteiger partial charge in [0, 0.05) is 49.9 Å². The number of nitrogens with zero attached hydrogens (tertiary/aromatic N) is 4. The van der Waals surface area contributed by atoms with Crippen molar-refractivity contribution in [2.75, 3.05) is 20.2 Å². The van der Waals surface area contributed by atoms with Crippen molar-refractivity contribution in [2.24, 2.45) is 0 Å². The van der Waals surface area contributed by atoms with Crippen LogP contribution in [-0.4, -0.2) is 57.8 Å². The summed E-state index contributed by atoms with van der Waals surface area (Å²) in [5.74, 6) is 0.901. The van der Waals surface area contributed by atoms with Crippen molar-refractivity contribution in [1.29, 1.82) is 0 Å². The molecule has 32 heavy (non-hydrogen) atoms. The fraction of sp³-hybridized carbons (Fsp3) is 0.542. The van der Waals surface area contributed by atoms with Crippen molar-refractivity contribution in [3.63, 3.8) is 0 Å². The van der Waals surface area contributed by atoms with Gasteiger partial charge >= 0.3 is 6.03 Å². The highest BCUT2D eigenvalue weighted by Gasteiger charge is 2.21. The maximum Gasteiger partial charge on any atom is 0.318 e. The molecule has 0 radical (unpaired) electrons. The van der Waals surface area contributed by atoms with Gasteiger partial charge in [-0.15, -0.1) is 0 Å². The molecule has 1 aromatic carbocycles. The second-order valence-corrected chi connectivity index (χ2v) is 8.66. The van der Waals surface area contributed by atoms with E-state index in [4.69, 9.17) is 4.74 Å². The minimum Gasteiger partial charge on any atom is -0.491 e. The van der Waals surface area contributed by atoms with E-state index >= 15 is 0 Å². The fourth-order valence-electron chi connectivity index (χ4n) is 3.78. The van der Waals surface area contributed by atoms with Gasteiger partial charge in [0.25, 0.3) is 0 Å². The zero-order valence-electron chi connectivity index (χ0n) is 19.9. The minimum absolute atomic E-state index is 0.0830. The molecule has 0 spiro atoms. The number of nitrogens with one attached hydrogen (secondary N) is 1. The van der Waals surface area contributed by atoms with Crippen LogP contribution in [0.25, 0.3) is 0 Å². The van der Waals surface area contributed by atoms with Crippen LogP contribution in [0.4, 0.5) is 4.79 Å². The molecule has 0 unspecified atom stereocenters. The smallest absolute Gasteiger partial charge is 0.318 e. The molecule has 1 aliphatic rings. The van der Waals surface area contributed by atoms with Crippen LogP contribution in [0, 0.1) is 6.92 Å². The number of benzene rings is 1. The van der Waals surface area contributed by atoms with Crippen LogP contribution in [0.3, 0.4) is 0 Å². The van der Waals surface area contributed by atoms with E-state index in [1.165, 1.54) is 0 Å². The summed E-state index contributed by atoms with van der Waals surface area (Å²) in [5, 5.41) is 7.39. The molecule has 0 saturated carbocycles. The van der Waals surface area contributed by atoms with Crippen molar-refractivity contribution in [1.82, 2.24) is 24.9 Å². The second-order valence-electron chi connectivity index (χ2n) is 8.66. The van der Waals surface area contributed by atoms with Gasteiger partial charge in [-0.3, -0.25) is 9.48 Å². The summed E-state index contributed by atoms with van der Waals surface area (Å²) in [5.41, 5.74) is 4.07. The zero-order chi connectivity index (χ0) is 23.3. The van der Waals surface area contributed by atoms with Gasteiger partial charge in [0.2, 0.25) is 5.91 Å². The number of ether oxygens (including phenoxy) is 1. The van der Waals surface area contributed by atoms with Crippen molar-refractivity contribution in [2.45, 2.75) is 66.2 Å². The lowest BCUT2D eigenvalue weighted by Gasteiger charge is -2.22. The first-order valence-electron chi connectivity index (χ1n) is 11.3. The highest BCUT2D eigenvalue weighted by molar-refractivity contribution is 5.76. The zero-order valence-corrected chi connectivity index (χ0v) is 19.9. The molecule has 0 saturated heterocycles. The third-order valence-electron chi connectivity index (χ3n) is 5.64. The van der Waals surface area contributed by atoms with Crippen molar-refractivity contribution < 1.29 is 14.3 Å². The minimum atomic E-state index is -0.0830. The van der Waals surface area contributed by atoms with E-state index in [1.54, 1.807) is 9.80 Å². The Hall–Kier alpha value is -3.03. The number of hydrogen-bond acceptors (Lipinski definition) is 4. The van der Waals surface area contributed by atoms with E-state index in [0.29, 0.717) is 39.1 Å².